The summed E-state index contributed by atoms with van der Waals surface area (Å²) >= 11 is 27.7. The van der Waals surface area contributed by atoms with Gasteiger partial charge in [0.2, 0.25) is 0 Å². The van der Waals surface area contributed by atoms with Crippen molar-refractivity contribution in [3.8, 4) is 0 Å². The topological polar surface area (TPSA) is 0 Å². The Balaban J connectivity index is 4.03. The van der Waals surface area contributed by atoms with Gasteiger partial charge < -0.3 is 0 Å². The lowest BCUT2D eigenvalue weighted by Gasteiger charge is -2.19. The van der Waals surface area contributed by atoms with E-state index in [-0.39, 0.29) is 0 Å². The van der Waals surface area contributed by atoms with Crippen molar-refractivity contribution in [1.82, 2.24) is 0 Å². The number of hydrogen-bond acceptors (Lipinski definition) is 9. The van der Waals surface area contributed by atoms with E-state index in [1.165, 1.54) is 23.0 Å². The third kappa shape index (κ3) is 18.3. The van der Waals surface area contributed by atoms with E-state index in [1.54, 1.807) is 0 Å². The number of rotatable bonds is 18. The van der Waals surface area contributed by atoms with E-state index in [4.69, 9.17) is 0 Å². The fourth-order valence-corrected chi connectivity index (χ4v) is 9.14. The molecule has 0 bridgehead atoms. The molecule has 0 aromatic rings. The molecule has 0 nitrogen and oxygen atoms in total. The van der Waals surface area contributed by atoms with Gasteiger partial charge in [0.05, 0.1) is 0 Å². The molecule has 0 saturated heterocycles. The molecule has 0 aliphatic carbocycles. The first-order valence-corrected chi connectivity index (χ1v) is 15.8. The molecule has 0 aliphatic rings. The molecule has 0 rings (SSSR count). The third-order valence-electron chi connectivity index (χ3n) is 2.58. The molecule has 0 amide bonds. The first-order valence-electron chi connectivity index (χ1n) is 7.68. The molecular formula is C14H30S9. The van der Waals surface area contributed by atoms with E-state index in [2.05, 4.69) is 85.8 Å². The lowest BCUT2D eigenvalue weighted by Crippen LogP contribution is -2.16. The fraction of sp³-hybridized carbons (Fsp3) is 1.00. The summed E-state index contributed by atoms with van der Waals surface area (Å²) in [6.45, 7) is 0. The summed E-state index contributed by atoms with van der Waals surface area (Å²) in [4.78, 5) is 0. The molecule has 0 heterocycles. The number of thiol groups is 4. The van der Waals surface area contributed by atoms with E-state index >= 15 is 0 Å². The van der Waals surface area contributed by atoms with Crippen LogP contribution in [0.15, 0.2) is 0 Å². The predicted octanol–water partition coefficient (Wildman–Crippen LogP) is 5.11. The SMILES string of the molecule is SCCSCC(CSCC(CSCCS)SCCS)SCCS. The zero-order valence-corrected chi connectivity index (χ0v) is 21.1. The minimum atomic E-state index is 0.748. The monoisotopic (exact) mass is 486 g/mol. The van der Waals surface area contributed by atoms with E-state index < -0.39 is 0 Å². The van der Waals surface area contributed by atoms with Crippen molar-refractivity contribution >= 4 is 109 Å². The molecule has 2 atom stereocenters. The molecular weight excluding hydrogens is 457 g/mol. The Bertz CT molecular complexity index is 208. The lowest BCUT2D eigenvalue weighted by molar-refractivity contribution is 1.11. The minimum Gasteiger partial charge on any atom is -0.179 e. The van der Waals surface area contributed by atoms with Gasteiger partial charge in [-0.15, -0.1) is 0 Å². The first-order chi connectivity index (χ1) is 11.3. The van der Waals surface area contributed by atoms with Crippen molar-refractivity contribution in [3.63, 3.8) is 0 Å². The van der Waals surface area contributed by atoms with Crippen molar-refractivity contribution < 1.29 is 0 Å². The molecule has 0 fully saturated rings. The van der Waals surface area contributed by atoms with Gasteiger partial charge in [-0.3, -0.25) is 0 Å². The Morgan fingerprint density at radius 3 is 1.17 bits per heavy atom. The summed E-state index contributed by atoms with van der Waals surface area (Å²) in [6.07, 6.45) is 0. The minimum absolute atomic E-state index is 0.748. The van der Waals surface area contributed by atoms with Gasteiger partial charge in [0.25, 0.3) is 0 Å². The molecule has 0 radical (unpaired) electrons. The number of hydrogen-bond donors (Lipinski definition) is 4. The molecule has 0 saturated carbocycles. The van der Waals surface area contributed by atoms with Crippen LogP contribution in [0, 0.1) is 0 Å². The molecule has 0 aromatic heterocycles. The maximum absolute atomic E-state index is 4.35. The van der Waals surface area contributed by atoms with E-state index in [0.717, 1.165) is 56.5 Å². The Hall–Kier alpha value is 3.15. The molecule has 0 N–H and O–H groups in total. The molecule has 0 aliphatic heterocycles. The van der Waals surface area contributed by atoms with E-state index in [9.17, 15) is 0 Å². The second-order valence-corrected chi connectivity index (χ2v) is 12.5. The quantitative estimate of drug-likeness (QED) is 0.156. The van der Waals surface area contributed by atoms with Crippen LogP contribution >= 0.6 is 109 Å². The zero-order chi connectivity index (χ0) is 17.2. The van der Waals surface area contributed by atoms with Gasteiger partial charge in [-0.05, 0) is 23.0 Å². The second kappa shape index (κ2) is 21.5. The maximum atomic E-state index is 4.35. The molecule has 9 heteroatoms. The van der Waals surface area contributed by atoms with Crippen LogP contribution in [-0.2, 0) is 0 Å². The second-order valence-electron chi connectivity index (χ2n) is 4.57. The van der Waals surface area contributed by atoms with Crippen LogP contribution in [0.1, 0.15) is 0 Å². The van der Waals surface area contributed by atoms with Gasteiger partial charge in [-0.25, -0.2) is 0 Å². The smallest absolute Gasteiger partial charge is 0.0229 e. The first kappa shape index (κ1) is 26.1. The zero-order valence-electron chi connectivity index (χ0n) is 13.5. The molecule has 140 valence electrons. The summed E-state index contributed by atoms with van der Waals surface area (Å²) in [7, 11) is 0. The highest BCUT2D eigenvalue weighted by Crippen LogP contribution is 2.25. The highest BCUT2D eigenvalue weighted by Gasteiger charge is 2.13. The molecule has 23 heavy (non-hydrogen) atoms. The average Bonchev–Trinajstić information content (AvgIpc) is 2.56. The van der Waals surface area contributed by atoms with Crippen molar-refractivity contribution in [2.24, 2.45) is 0 Å². The average molecular weight is 487 g/mol. The van der Waals surface area contributed by atoms with E-state index in [0.29, 0.717) is 0 Å². The van der Waals surface area contributed by atoms with Crippen molar-refractivity contribution in [2.45, 2.75) is 10.5 Å². The van der Waals surface area contributed by atoms with Crippen LogP contribution in [0.2, 0.25) is 0 Å². The maximum Gasteiger partial charge on any atom is 0.0229 e. The number of thioether (sulfide) groups is 5. The van der Waals surface area contributed by atoms with Crippen LogP contribution in [0.5, 0.6) is 0 Å². The van der Waals surface area contributed by atoms with Crippen molar-refractivity contribution in [1.29, 1.82) is 0 Å². The largest absolute Gasteiger partial charge is 0.179 e. The fourth-order valence-electron chi connectivity index (χ4n) is 1.62. The van der Waals surface area contributed by atoms with Gasteiger partial charge in [-0.2, -0.15) is 109 Å². The van der Waals surface area contributed by atoms with Crippen LogP contribution < -0.4 is 0 Å². The van der Waals surface area contributed by atoms with E-state index in [1.807, 2.05) is 23.5 Å². The summed E-state index contributed by atoms with van der Waals surface area (Å²) < 4.78 is 0. The highest BCUT2D eigenvalue weighted by molar-refractivity contribution is 8.07. The van der Waals surface area contributed by atoms with Crippen LogP contribution in [-0.4, -0.2) is 79.5 Å². The van der Waals surface area contributed by atoms with Gasteiger partial charge >= 0.3 is 0 Å². The summed E-state index contributed by atoms with van der Waals surface area (Å²) in [5, 5.41) is 1.50. The molecule has 2 unspecified atom stereocenters. The predicted molar refractivity (Wildman–Crippen MR) is 140 cm³/mol. The molecule has 0 aromatic carbocycles. The van der Waals surface area contributed by atoms with Crippen molar-refractivity contribution in [2.75, 3.05) is 69.0 Å². The Kier molecular flexibility index (Phi) is 24.4. The van der Waals surface area contributed by atoms with Gasteiger partial charge in [-0.1, -0.05) is 0 Å². The van der Waals surface area contributed by atoms with Crippen molar-refractivity contribution in [3.05, 3.63) is 0 Å². The van der Waals surface area contributed by atoms with Gasteiger partial charge in [0.15, 0.2) is 0 Å². The Morgan fingerprint density at radius 1 is 0.478 bits per heavy atom. The van der Waals surface area contributed by atoms with Crippen LogP contribution in [0.3, 0.4) is 0 Å². The molecule has 0 spiro atoms. The summed E-state index contributed by atoms with van der Waals surface area (Å²) in [6, 6.07) is 0. The highest BCUT2D eigenvalue weighted by atomic mass is 32.2. The van der Waals surface area contributed by atoms with Crippen LogP contribution in [0.25, 0.3) is 0 Å². The summed E-state index contributed by atoms with van der Waals surface area (Å²) in [5.74, 6) is 13.5. The lowest BCUT2D eigenvalue weighted by atomic mass is 10.5. The third-order valence-corrected chi connectivity index (χ3v) is 11.6. The Morgan fingerprint density at radius 2 is 0.826 bits per heavy atom. The standard InChI is InChI=1S/C14H30S9/c15-1-5-19-9-13(22-7-3-17)11-21-12-14(23-8-4-18)10-20-6-2-16/h13-18H,1-12H2. The van der Waals surface area contributed by atoms with Gasteiger partial charge in [0.1, 0.15) is 0 Å². The van der Waals surface area contributed by atoms with Gasteiger partial charge in [0, 0.05) is 56.5 Å². The summed E-state index contributed by atoms with van der Waals surface area (Å²) in [5.41, 5.74) is 0. The normalized spacial score (nSPS) is 14.1. The van der Waals surface area contributed by atoms with Crippen LogP contribution in [0.4, 0.5) is 0 Å². The Labute approximate surface area is 187 Å².